The molecule has 0 aromatic rings. The Hall–Kier alpha value is -1.51. The summed E-state index contributed by atoms with van der Waals surface area (Å²) in [6, 6.07) is 0. The molecule has 1 heterocycles. The molecule has 1 aliphatic heterocycles. The molecule has 0 unspecified atom stereocenters. The zero-order valence-corrected chi connectivity index (χ0v) is 7.29. The molecule has 64 valence electrons. The Labute approximate surface area is 79.1 Å². The topological polar surface area (TPSA) is 29.1 Å². The minimum absolute atomic E-state index is 0.605. The normalized spacial score (nSPS) is 19.5. The third-order valence-corrected chi connectivity index (χ3v) is 1.69. The highest BCUT2D eigenvalue weighted by molar-refractivity contribution is 6.23. The highest BCUT2D eigenvalue weighted by atomic mass is 16.1. The molecule has 13 heavy (non-hydrogen) atoms. The van der Waals surface area contributed by atoms with Gasteiger partial charge in [-0.25, -0.2) is 0 Å². The Morgan fingerprint density at radius 1 is 1.69 bits per heavy atom. The van der Waals surface area contributed by atoms with E-state index in [9.17, 15) is 4.79 Å². The fourth-order valence-corrected chi connectivity index (χ4v) is 0.960. The van der Waals surface area contributed by atoms with Gasteiger partial charge >= 0.3 is 0 Å². The lowest BCUT2D eigenvalue weighted by Crippen LogP contribution is -2.06. The highest BCUT2D eigenvalue weighted by Gasteiger charge is 2.05. The molecule has 1 aliphatic rings. The lowest BCUT2D eigenvalue weighted by molar-refractivity contribution is -0.105. The molecule has 0 aliphatic carbocycles. The molecular weight excluding hydrogens is 161 g/mol. The van der Waals surface area contributed by atoms with E-state index in [1.807, 2.05) is 12.2 Å². The van der Waals surface area contributed by atoms with E-state index < -0.39 is 0 Å². The van der Waals surface area contributed by atoms with Crippen molar-refractivity contribution < 1.29 is 4.79 Å². The predicted molar refractivity (Wildman–Crippen MR) is 54.0 cm³/mol. The molecule has 0 aromatic heterocycles. The number of hydrogen-bond acceptors (Lipinski definition) is 2. The average Bonchev–Trinajstić information content (AvgIpc) is 2.61. The first-order valence-corrected chi connectivity index (χ1v) is 3.97. The maximum Gasteiger partial charge on any atom is 0.165 e. The van der Waals surface area contributed by atoms with E-state index in [1.54, 1.807) is 12.2 Å². The van der Waals surface area contributed by atoms with Crippen molar-refractivity contribution in [2.75, 3.05) is 0 Å². The standard InChI is InChI=1S/C10H10BNO/c1-2-8(11)3-4-9-5-6-10(7-13)12-9/h2-4,6-7,12H,1,5H2/b8-3+,9-4+. The third-order valence-electron chi connectivity index (χ3n) is 1.69. The number of nitrogens with one attached hydrogen (secondary N) is 1. The number of aldehydes is 1. The second-order valence-corrected chi connectivity index (χ2v) is 2.67. The number of allylic oxidation sites excluding steroid dienone is 6. The molecule has 0 fully saturated rings. The Morgan fingerprint density at radius 3 is 3.00 bits per heavy atom. The summed E-state index contributed by atoms with van der Waals surface area (Å²) in [5.41, 5.74) is 2.18. The number of carbonyl (C=O) groups excluding carboxylic acids is 1. The fraction of sp³-hybridized carbons (Fsp3) is 0.100. The van der Waals surface area contributed by atoms with Gasteiger partial charge in [-0.05, 0) is 6.08 Å². The van der Waals surface area contributed by atoms with Gasteiger partial charge in [0.05, 0.1) is 5.70 Å². The summed E-state index contributed by atoms with van der Waals surface area (Å²) in [5, 5.41) is 2.94. The van der Waals surface area contributed by atoms with Gasteiger partial charge in [0.15, 0.2) is 6.29 Å². The van der Waals surface area contributed by atoms with Crippen molar-refractivity contribution in [3.8, 4) is 0 Å². The summed E-state index contributed by atoms with van der Waals surface area (Å²) in [4.78, 5) is 10.3. The first-order chi connectivity index (χ1) is 6.26. The van der Waals surface area contributed by atoms with E-state index in [0.717, 1.165) is 18.4 Å². The summed E-state index contributed by atoms with van der Waals surface area (Å²) in [7, 11) is 5.50. The van der Waals surface area contributed by atoms with Crippen molar-refractivity contribution in [1.29, 1.82) is 0 Å². The molecule has 0 spiro atoms. The van der Waals surface area contributed by atoms with Crippen LogP contribution >= 0.6 is 0 Å². The zero-order valence-electron chi connectivity index (χ0n) is 7.29. The first-order valence-electron chi connectivity index (χ1n) is 3.97. The van der Waals surface area contributed by atoms with Crippen LogP contribution in [0.3, 0.4) is 0 Å². The van der Waals surface area contributed by atoms with Gasteiger partial charge in [-0.1, -0.05) is 30.3 Å². The van der Waals surface area contributed by atoms with Crippen molar-refractivity contribution in [3.63, 3.8) is 0 Å². The van der Waals surface area contributed by atoms with Crippen LogP contribution in [0.2, 0.25) is 0 Å². The lowest BCUT2D eigenvalue weighted by Gasteiger charge is -1.97. The number of carbonyl (C=O) groups is 1. The molecule has 2 nitrogen and oxygen atoms in total. The van der Waals surface area contributed by atoms with Crippen molar-refractivity contribution in [3.05, 3.63) is 47.7 Å². The quantitative estimate of drug-likeness (QED) is 0.392. The lowest BCUT2D eigenvalue weighted by atomic mass is 9.95. The van der Waals surface area contributed by atoms with Gasteiger partial charge in [0.1, 0.15) is 7.85 Å². The monoisotopic (exact) mass is 171 g/mol. The maximum atomic E-state index is 10.3. The van der Waals surface area contributed by atoms with Crippen LogP contribution in [0.4, 0.5) is 0 Å². The second kappa shape index (κ2) is 4.50. The van der Waals surface area contributed by atoms with Crippen LogP contribution in [0.25, 0.3) is 0 Å². The van der Waals surface area contributed by atoms with E-state index in [4.69, 9.17) is 7.85 Å². The predicted octanol–water partition coefficient (Wildman–Crippen LogP) is 1.18. The summed E-state index contributed by atoms with van der Waals surface area (Å²) in [6.07, 6.45) is 8.52. The van der Waals surface area contributed by atoms with Crippen LogP contribution in [0.1, 0.15) is 6.42 Å². The average molecular weight is 171 g/mol. The maximum absolute atomic E-state index is 10.3. The minimum Gasteiger partial charge on any atom is -0.356 e. The van der Waals surface area contributed by atoms with Crippen molar-refractivity contribution in [2.45, 2.75) is 6.42 Å². The molecule has 0 saturated carbocycles. The highest BCUT2D eigenvalue weighted by Crippen LogP contribution is 2.10. The Morgan fingerprint density at radius 2 is 2.46 bits per heavy atom. The summed E-state index contributed by atoms with van der Waals surface area (Å²) in [5.74, 6) is 0. The smallest absolute Gasteiger partial charge is 0.165 e. The summed E-state index contributed by atoms with van der Waals surface area (Å²) < 4.78 is 0. The first kappa shape index (κ1) is 9.58. The molecule has 0 bridgehead atoms. The van der Waals surface area contributed by atoms with Gasteiger partial charge in [0.2, 0.25) is 0 Å². The third kappa shape index (κ3) is 2.78. The molecule has 1 N–H and O–H groups in total. The van der Waals surface area contributed by atoms with E-state index in [0.29, 0.717) is 11.2 Å². The number of hydrogen-bond donors (Lipinski definition) is 1. The van der Waals surface area contributed by atoms with Gasteiger partial charge in [-0.15, -0.1) is 0 Å². The molecule has 1 rings (SSSR count). The van der Waals surface area contributed by atoms with Crippen molar-refractivity contribution in [1.82, 2.24) is 5.32 Å². The van der Waals surface area contributed by atoms with Gasteiger partial charge in [0.25, 0.3) is 0 Å². The van der Waals surface area contributed by atoms with E-state index in [-0.39, 0.29) is 0 Å². The Balaban J connectivity index is 2.59. The van der Waals surface area contributed by atoms with Crippen LogP contribution in [0, 0.1) is 0 Å². The molecule has 3 heteroatoms. The van der Waals surface area contributed by atoms with Gasteiger partial charge in [-0.2, -0.15) is 0 Å². The van der Waals surface area contributed by atoms with Crippen molar-refractivity contribution in [2.24, 2.45) is 0 Å². The Kier molecular flexibility index (Phi) is 3.32. The van der Waals surface area contributed by atoms with E-state index >= 15 is 0 Å². The number of rotatable bonds is 3. The van der Waals surface area contributed by atoms with Crippen LogP contribution in [-0.4, -0.2) is 14.1 Å². The molecule has 2 radical (unpaired) electrons. The van der Waals surface area contributed by atoms with E-state index in [2.05, 4.69) is 11.9 Å². The Bertz CT molecular complexity index is 313. The van der Waals surface area contributed by atoms with Gasteiger partial charge in [-0.3, -0.25) is 4.79 Å². The minimum atomic E-state index is 0.605. The summed E-state index contributed by atoms with van der Waals surface area (Å²) >= 11 is 0. The summed E-state index contributed by atoms with van der Waals surface area (Å²) in [6.45, 7) is 3.52. The zero-order chi connectivity index (χ0) is 9.68. The van der Waals surface area contributed by atoms with Crippen molar-refractivity contribution >= 4 is 14.1 Å². The molecule has 0 atom stereocenters. The van der Waals surface area contributed by atoms with Gasteiger partial charge < -0.3 is 5.32 Å². The van der Waals surface area contributed by atoms with Gasteiger partial charge in [0, 0.05) is 12.1 Å². The SMILES string of the molecule is [B]/C(C=C)=C/C=C1\CC=C(C=O)N1. The largest absolute Gasteiger partial charge is 0.356 e. The molecule has 0 saturated heterocycles. The van der Waals surface area contributed by atoms with Crippen LogP contribution < -0.4 is 5.32 Å². The molecule has 0 amide bonds. The fourth-order valence-electron chi connectivity index (χ4n) is 0.960. The van der Waals surface area contributed by atoms with Crippen LogP contribution in [0.15, 0.2) is 47.7 Å². The van der Waals surface area contributed by atoms with Crippen LogP contribution in [0.5, 0.6) is 0 Å². The second-order valence-electron chi connectivity index (χ2n) is 2.67. The molecule has 0 aromatic carbocycles. The molecular formula is C10H10BNO. The van der Waals surface area contributed by atoms with Crippen LogP contribution in [-0.2, 0) is 4.79 Å². The van der Waals surface area contributed by atoms with E-state index in [1.165, 1.54) is 0 Å².